The van der Waals surface area contributed by atoms with Gasteiger partial charge in [0.05, 0.1) is 11.2 Å². The SMILES string of the molecule is CC1CC1(O)C[C@@H]1[C@@]2(C)CCCC(C)(C)[C@@H]2CC[C@@]1(C)O. The maximum atomic E-state index is 11.1. The molecule has 0 saturated heterocycles. The van der Waals surface area contributed by atoms with E-state index in [0.29, 0.717) is 17.3 Å². The normalized spacial score (nSPS) is 55.9. The van der Waals surface area contributed by atoms with Gasteiger partial charge in [0.1, 0.15) is 0 Å². The molecule has 0 aliphatic heterocycles. The van der Waals surface area contributed by atoms with Crippen molar-refractivity contribution in [3.8, 4) is 0 Å². The second-order valence-corrected chi connectivity index (χ2v) is 9.76. The molecule has 3 fully saturated rings. The minimum absolute atomic E-state index is 0.182. The van der Waals surface area contributed by atoms with Crippen LogP contribution >= 0.6 is 0 Å². The first-order chi connectivity index (χ1) is 9.51. The summed E-state index contributed by atoms with van der Waals surface area (Å²) in [7, 11) is 0. The van der Waals surface area contributed by atoms with Crippen molar-refractivity contribution in [3.63, 3.8) is 0 Å². The number of fused-ring (bicyclic) bond motifs is 1. The van der Waals surface area contributed by atoms with Gasteiger partial charge in [-0.05, 0) is 74.0 Å². The standard InChI is InChI=1S/C19H34O2/c1-13-11-19(13,21)12-15-17(4)9-6-8-16(2,3)14(17)7-10-18(15,5)20/h13-15,20-21H,6-12H2,1-5H3/t13?,14-,15+,17-,18+,19?/m0/s1. The van der Waals surface area contributed by atoms with Gasteiger partial charge in [0, 0.05) is 0 Å². The van der Waals surface area contributed by atoms with Crippen LogP contribution in [0.2, 0.25) is 0 Å². The van der Waals surface area contributed by atoms with Gasteiger partial charge in [0.25, 0.3) is 0 Å². The Labute approximate surface area is 130 Å². The van der Waals surface area contributed by atoms with Gasteiger partial charge in [0.2, 0.25) is 0 Å². The Balaban J connectivity index is 1.93. The number of hydrogen-bond acceptors (Lipinski definition) is 2. The van der Waals surface area contributed by atoms with Crippen molar-refractivity contribution < 1.29 is 10.2 Å². The van der Waals surface area contributed by atoms with Gasteiger partial charge in [-0.1, -0.05) is 34.1 Å². The van der Waals surface area contributed by atoms with Crippen LogP contribution in [0.1, 0.15) is 79.6 Å². The van der Waals surface area contributed by atoms with Crippen molar-refractivity contribution >= 4 is 0 Å². The average Bonchev–Trinajstić information content (AvgIpc) is 2.91. The Morgan fingerprint density at radius 3 is 2.19 bits per heavy atom. The largest absolute Gasteiger partial charge is 0.390 e. The van der Waals surface area contributed by atoms with Crippen molar-refractivity contribution in [1.82, 2.24) is 0 Å². The lowest BCUT2D eigenvalue weighted by Crippen LogP contribution is -2.58. The molecule has 0 spiro atoms. The van der Waals surface area contributed by atoms with E-state index in [2.05, 4.69) is 27.7 Å². The van der Waals surface area contributed by atoms with Crippen molar-refractivity contribution in [2.45, 2.75) is 90.8 Å². The average molecular weight is 294 g/mol. The first-order valence-corrected chi connectivity index (χ1v) is 8.96. The van der Waals surface area contributed by atoms with Gasteiger partial charge in [-0.3, -0.25) is 0 Å². The molecule has 0 amide bonds. The Hall–Kier alpha value is -0.0800. The van der Waals surface area contributed by atoms with Crippen molar-refractivity contribution in [2.75, 3.05) is 0 Å². The van der Waals surface area contributed by atoms with E-state index in [1.165, 1.54) is 19.3 Å². The van der Waals surface area contributed by atoms with Crippen LogP contribution in [0.15, 0.2) is 0 Å². The summed E-state index contributed by atoms with van der Waals surface area (Å²) in [5, 5.41) is 21.8. The molecule has 21 heavy (non-hydrogen) atoms. The summed E-state index contributed by atoms with van der Waals surface area (Å²) in [6.45, 7) is 11.4. The highest BCUT2D eigenvalue weighted by Crippen LogP contribution is 2.65. The number of hydrogen-bond donors (Lipinski definition) is 2. The predicted molar refractivity (Wildman–Crippen MR) is 85.9 cm³/mol. The highest BCUT2D eigenvalue weighted by atomic mass is 16.3. The van der Waals surface area contributed by atoms with Gasteiger partial charge in [-0.2, -0.15) is 0 Å². The Bertz CT molecular complexity index is 427. The maximum absolute atomic E-state index is 11.1. The fourth-order valence-corrected chi connectivity index (χ4v) is 6.19. The molecule has 0 aromatic carbocycles. The first-order valence-electron chi connectivity index (χ1n) is 8.96. The molecule has 3 rings (SSSR count). The molecule has 2 N–H and O–H groups in total. The van der Waals surface area contributed by atoms with Crippen molar-refractivity contribution in [1.29, 1.82) is 0 Å². The van der Waals surface area contributed by atoms with Crippen molar-refractivity contribution in [2.24, 2.45) is 28.6 Å². The topological polar surface area (TPSA) is 40.5 Å². The molecule has 3 aliphatic rings. The smallest absolute Gasteiger partial charge is 0.0681 e. The summed E-state index contributed by atoms with van der Waals surface area (Å²) in [5.74, 6) is 1.33. The van der Waals surface area contributed by atoms with Gasteiger partial charge in [-0.15, -0.1) is 0 Å². The second-order valence-electron chi connectivity index (χ2n) is 9.76. The lowest BCUT2D eigenvalue weighted by Gasteiger charge is -2.61. The third-order valence-corrected chi connectivity index (χ3v) is 7.74. The predicted octanol–water partition coefficient (Wildman–Crippen LogP) is 4.14. The second kappa shape index (κ2) is 4.47. The molecule has 2 heteroatoms. The molecule has 0 aromatic rings. The molecule has 3 aliphatic carbocycles. The molecule has 6 atom stereocenters. The summed E-state index contributed by atoms with van der Waals surface area (Å²) >= 11 is 0. The quantitative estimate of drug-likeness (QED) is 0.803. The molecular weight excluding hydrogens is 260 g/mol. The van der Waals surface area contributed by atoms with Crippen molar-refractivity contribution in [3.05, 3.63) is 0 Å². The summed E-state index contributed by atoms with van der Waals surface area (Å²) < 4.78 is 0. The maximum Gasteiger partial charge on any atom is 0.0681 e. The molecular formula is C19H34O2. The Morgan fingerprint density at radius 2 is 1.62 bits per heavy atom. The Kier molecular flexibility index (Phi) is 3.37. The van der Waals surface area contributed by atoms with Crippen LogP contribution < -0.4 is 0 Å². The summed E-state index contributed by atoms with van der Waals surface area (Å²) in [6, 6.07) is 0. The minimum atomic E-state index is -0.614. The van der Waals surface area contributed by atoms with Crippen LogP contribution in [0.4, 0.5) is 0 Å². The van der Waals surface area contributed by atoms with E-state index in [9.17, 15) is 10.2 Å². The number of rotatable bonds is 2. The monoisotopic (exact) mass is 294 g/mol. The van der Waals surface area contributed by atoms with E-state index < -0.39 is 11.2 Å². The van der Waals surface area contributed by atoms with Crippen LogP contribution in [0.25, 0.3) is 0 Å². The molecule has 0 radical (unpaired) electrons. The van der Waals surface area contributed by atoms with Gasteiger partial charge < -0.3 is 10.2 Å². The van der Waals surface area contributed by atoms with Gasteiger partial charge >= 0.3 is 0 Å². The minimum Gasteiger partial charge on any atom is -0.390 e. The fourth-order valence-electron chi connectivity index (χ4n) is 6.19. The van der Waals surface area contributed by atoms with E-state index in [1.807, 2.05) is 6.92 Å². The molecule has 0 bridgehead atoms. The molecule has 2 nitrogen and oxygen atoms in total. The van der Waals surface area contributed by atoms with Crippen LogP contribution in [0.3, 0.4) is 0 Å². The lowest BCUT2D eigenvalue weighted by molar-refractivity contribution is -0.179. The van der Waals surface area contributed by atoms with E-state index in [-0.39, 0.29) is 11.3 Å². The van der Waals surface area contributed by atoms with Crippen LogP contribution in [0.5, 0.6) is 0 Å². The number of aliphatic hydroxyl groups is 2. The van der Waals surface area contributed by atoms with Crippen LogP contribution in [-0.2, 0) is 0 Å². The van der Waals surface area contributed by atoms with Gasteiger partial charge in [0.15, 0.2) is 0 Å². The fraction of sp³-hybridized carbons (Fsp3) is 1.00. The third-order valence-electron chi connectivity index (χ3n) is 7.74. The summed E-state index contributed by atoms with van der Waals surface area (Å²) in [4.78, 5) is 0. The summed E-state index contributed by atoms with van der Waals surface area (Å²) in [6.07, 6.45) is 7.54. The van der Waals surface area contributed by atoms with Crippen LogP contribution in [0, 0.1) is 28.6 Å². The van der Waals surface area contributed by atoms with E-state index in [0.717, 1.165) is 25.7 Å². The van der Waals surface area contributed by atoms with Crippen LogP contribution in [-0.4, -0.2) is 21.4 Å². The zero-order chi connectivity index (χ0) is 15.7. The molecule has 0 aromatic heterocycles. The zero-order valence-electron chi connectivity index (χ0n) is 14.6. The molecule has 0 heterocycles. The molecule has 3 saturated carbocycles. The molecule has 2 unspecified atom stereocenters. The van der Waals surface area contributed by atoms with Gasteiger partial charge in [-0.25, -0.2) is 0 Å². The van der Waals surface area contributed by atoms with E-state index in [1.54, 1.807) is 0 Å². The molecule has 122 valence electrons. The Morgan fingerprint density at radius 1 is 1.00 bits per heavy atom. The first kappa shape index (κ1) is 15.8. The highest BCUT2D eigenvalue weighted by Gasteiger charge is 2.62. The summed E-state index contributed by atoms with van der Waals surface area (Å²) in [5.41, 5.74) is -0.557. The third kappa shape index (κ3) is 2.37. The van der Waals surface area contributed by atoms with E-state index in [4.69, 9.17) is 0 Å². The lowest BCUT2D eigenvalue weighted by atomic mass is 9.45. The highest BCUT2D eigenvalue weighted by molar-refractivity contribution is 5.12. The zero-order valence-corrected chi connectivity index (χ0v) is 14.6. The van der Waals surface area contributed by atoms with E-state index >= 15 is 0 Å².